The maximum Gasteiger partial charge on any atom is 0.255 e. The Labute approximate surface area is 117 Å². The molecule has 1 saturated carbocycles. The molecule has 1 unspecified atom stereocenters. The molecule has 1 aromatic rings. The molecule has 0 amide bonds. The fraction of sp³-hybridized carbons (Fsp3) is 0.714. The number of hydrogen-bond acceptors (Lipinski definition) is 4. The maximum atomic E-state index is 12.1. The molecule has 0 radical (unpaired) electrons. The normalized spacial score (nSPS) is 21.3. The van der Waals surface area contributed by atoms with Crippen molar-refractivity contribution in [3.63, 3.8) is 0 Å². The van der Waals surface area contributed by atoms with Gasteiger partial charge in [-0.05, 0) is 18.8 Å². The molecular formula is C14H20N2O2S. The van der Waals surface area contributed by atoms with Gasteiger partial charge in [0.25, 0.3) is 5.56 Å². The average Bonchev–Trinajstić information content (AvgIpc) is 2.90. The highest BCUT2D eigenvalue weighted by molar-refractivity contribution is 7.98. The molecule has 104 valence electrons. The van der Waals surface area contributed by atoms with Crippen molar-refractivity contribution in [1.82, 2.24) is 9.97 Å². The van der Waals surface area contributed by atoms with Gasteiger partial charge in [-0.1, -0.05) is 19.3 Å². The Balaban J connectivity index is 1.91. The summed E-state index contributed by atoms with van der Waals surface area (Å²) >= 11 is 1.76. The van der Waals surface area contributed by atoms with Crippen molar-refractivity contribution >= 4 is 11.8 Å². The second-order valence-electron chi connectivity index (χ2n) is 5.42. The van der Waals surface area contributed by atoms with Gasteiger partial charge < -0.3 is 9.72 Å². The summed E-state index contributed by atoms with van der Waals surface area (Å²) in [6.45, 7) is 0. The first kappa shape index (κ1) is 13.2. The number of ether oxygens (including phenoxy) is 1. The first-order valence-corrected chi connectivity index (χ1v) is 8.17. The van der Waals surface area contributed by atoms with E-state index in [0.717, 1.165) is 28.6 Å². The van der Waals surface area contributed by atoms with Crippen LogP contribution in [-0.2, 0) is 16.2 Å². The molecule has 0 spiro atoms. The van der Waals surface area contributed by atoms with Crippen molar-refractivity contribution in [2.45, 2.75) is 49.7 Å². The lowest BCUT2D eigenvalue weighted by atomic mass is 9.85. The van der Waals surface area contributed by atoms with Crippen LogP contribution in [0.4, 0.5) is 0 Å². The minimum Gasteiger partial charge on any atom is -0.373 e. The zero-order chi connectivity index (χ0) is 13.2. The number of methoxy groups -OCH3 is 1. The number of rotatable bonds is 3. The first-order chi connectivity index (χ1) is 9.29. The van der Waals surface area contributed by atoms with Crippen LogP contribution in [0, 0.1) is 5.92 Å². The van der Waals surface area contributed by atoms with Crippen LogP contribution in [-0.4, -0.2) is 17.1 Å². The van der Waals surface area contributed by atoms with Crippen LogP contribution in [0.5, 0.6) is 0 Å². The number of thioether (sulfide) groups is 1. The molecule has 4 nitrogen and oxygen atoms in total. The van der Waals surface area contributed by atoms with E-state index < -0.39 is 0 Å². The van der Waals surface area contributed by atoms with Crippen LogP contribution >= 0.6 is 11.8 Å². The second kappa shape index (κ2) is 5.67. The molecule has 0 bridgehead atoms. The third-order valence-corrected chi connectivity index (χ3v) is 5.18. The lowest BCUT2D eigenvalue weighted by Gasteiger charge is -2.28. The number of nitrogens with one attached hydrogen (secondary N) is 1. The molecule has 1 aliphatic heterocycles. The molecule has 0 saturated heterocycles. The summed E-state index contributed by atoms with van der Waals surface area (Å²) in [4.78, 5) is 19.7. The highest BCUT2D eigenvalue weighted by atomic mass is 32.2. The Morgan fingerprint density at radius 1 is 1.32 bits per heavy atom. The van der Waals surface area contributed by atoms with Gasteiger partial charge in [-0.25, -0.2) is 4.98 Å². The molecule has 2 aliphatic rings. The summed E-state index contributed by atoms with van der Waals surface area (Å²) in [6, 6.07) is 0. The van der Waals surface area contributed by atoms with E-state index in [1.807, 2.05) is 0 Å². The van der Waals surface area contributed by atoms with Gasteiger partial charge >= 0.3 is 0 Å². The molecular weight excluding hydrogens is 260 g/mol. The Morgan fingerprint density at radius 2 is 2.11 bits per heavy atom. The summed E-state index contributed by atoms with van der Waals surface area (Å²) in [6.07, 6.45) is 6.13. The lowest BCUT2D eigenvalue weighted by Crippen LogP contribution is -2.25. The van der Waals surface area contributed by atoms with Crippen LogP contribution in [0.1, 0.15) is 55.3 Å². The van der Waals surface area contributed by atoms with Crippen molar-refractivity contribution in [2.24, 2.45) is 5.92 Å². The van der Waals surface area contributed by atoms with E-state index in [1.165, 1.54) is 32.1 Å². The highest BCUT2D eigenvalue weighted by Gasteiger charge is 2.28. The van der Waals surface area contributed by atoms with Gasteiger partial charge in [-0.15, -0.1) is 0 Å². The molecule has 19 heavy (non-hydrogen) atoms. The van der Waals surface area contributed by atoms with E-state index in [1.54, 1.807) is 18.9 Å². The number of nitrogens with zero attached hydrogens (tertiary/aromatic N) is 1. The fourth-order valence-electron chi connectivity index (χ4n) is 3.18. The summed E-state index contributed by atoms with van der Waals surface area (Å²) in [5.41, 5.74) is 1.84. The van der Waals surface area contributed by atoms with Crippen LogP contribution in [0.2, 0.25) is 0 Å². The van der Waals surface area contributed by atoms with Crippen molar-refractivity contribution in [2.75, 3.05) is 7.11 Å². The predicted octanol–water partition coefficient (Wildman–Crippen LogP) is 2.78. The fourth-order valence-corrected chi connectivity index (χ4v) is 4.22. The molecule has 1 aromatic heterocycles. The standard InChI is InChI=1S/C14H20N2O2S/c1-18-12(9-5-3-2-4-6-9)13-15-11-8-19-7-10(11)14(17)16-13/h9,12H,2-8H2,1H3,(H,15,16,17). The van der Waals surface area contributed by atoms with Gasteiger partial charge in [0.05, 0.1) is 5.69 Å². The summed E-state index contributed by atoms with van der Waals surface area (Å²) in [5, 5.41) is 0. The van der Waals surface area contributed by atoms with E-state index in [0.29, 0.717) is 5.92 Å². The third-order valence-electron chi connectivity index (χ3n) is 4.21. The first-order valence-electron chi connectivity index (χ1n) is 7.02. The monoisotopic (exact) mass is 280 g/mol. The number of aromatic amines is 1. The van der Waals surface area contributed by atoms with Crippen molar-refractivity contribution in [3.05, 3.63) is 27.4 Å². The van der Waals surface area contributed by atoms with Crippen LogP contribution in [0.15, 0.2) is 4.79 Å². The van der Waals surface area contributed by atoms with Gasteiger partial charge in [0.1, 0.15) is 11.9 Å². The Hall–Kier alpha value is -0.810. The summed E-state index contributed by atoms with van der Waals surface area (Å²) < 4.78 is 5.65. The van der Waals surface area contributed by atoms with E-state index >= 15 is 0 Å². The Kier molecular flexibility index (Phi) is 3.93. The molecule has 3 rings (SSSR count). The smallest absolute Gasteiger partial charge is 0.255 e. The second-order valence-corrected chi connectivity index (χ2v) is 6.41. The quantitative estimate of drug-likeness (QED) is 0.925. The van der Waals surface area contributed by atoms with Crippen LogP contribution < -0.4 is 5.56 Å². The average molecular weight is 280 g/mol. The maximum absolute atomic E-state index is 12.1. The number of hydrogen-bond donors (Lipinski definition) is 1. The van der Waals surface area contributed by atoms with Crippen molar-refractivity contribution in [3.8, 4) is 0 Å². The summed E-state index contributed by atoms with van der Waals surface area (Å²) in [5.74, 6) is 2.88. The molecule has 1 N–H and O–H groups in total. The molecule has 5 heteroatoms. The van der Waals surface area contributed by atoms with E-state index in [9.17, 15) is 4.79 Å². The van der Waals surface area contributed by atoms with Crippen molar-refractivity contribution < 1.29 is 4.74 Å². The summed E-state index contributed by atoms with van der Waals surface area (Å²) in [7, 11) is 1.72. The number of H-pyrrole nitrogens is 1. The van der Waals surface area contributed by atoms with E-state index in [2.05, 4.69) is 9.97 Å². The minimum absolute atomic E-state index is 0.0304. The van der Waals surface area contributed by atoms with Crippen LogP contribution in [0.25, 0.3) is 0 Å². The van der Waals surface area contributed by atoms with Gasteiger partial charge in [0, 0.05) is 24.2 Å². The van der Waals surface area contributed by atoms with Crippen molar-refractivity contribution in [1.29, 1.82) is 0 Å². The molecule has 1 aliphatic carbocycles. The lowest BCUT2D eigenvalue weighted by molar-refractivity contribution is 0.0286. The van der Waals surface area contributed by atoms with Gasteiger partial charge in [-0.3, -0.25) is 4.79 Å². The highest BCUT2D eigenvalue weighted by Crippen LogP contribution is 2.35. The molecule has 1 fully saturated rings. The minimum atomic E-state index is -0.0519. The largest absolute Gasteiger partial charge is 0.373 e. The van der Waals surface area contributed by atoms with Gasteiger partial charge in [0.15, 0.2) is 0 Å². The SMILES string of the molecule is COC(c1nc2c(c(=O)[nH]1)CSC2)C1CCCCC1. The number of fused-ring (bicyclic) bond motifs is 1. The van der Waals surface area contributed by atoms with Gasteiger partial charge in [0.2, 0.25) is 0 Å². The Bertz CT molecular complexity index is 509. The van der Waals surface area contributed by atoms with Gasteiger partial charge in [-0.2, -0.15) is 11.8 Å². The molecule has 2 heterocycles. The topological polar surface area (TPSA) is 55.0 Å². The zero-order valence-corrected chi connectivity index (χ0v) is 12.1. The molecule has 1 atom stereocenters. The third kappa shape index (κ3) is 2.58. The Morgan fingerprint density at radius 3 is 2.84 bits per heavy atom. The van der Waals surface area contributed by atoms with E-state index in [-0.39, 0.29) is 11.7 Å². The number of aromatic nitrogens is 2. The molecule has 0 aromatic carbocycles. The van der Waals surface area contributed by atoms with Crippen LogP contribution in [0.3, 0.4) is 0 Å². The zero-order valence-electron chi connectivity index (χ0n) is 11.3. The predicted molar refractivity (Wildman–Crippen MR) is 76.2 cm³/mol. The van der Waals surface area contributed by atoms with E-state index in [4.69, 9.17) is 4.74 Å².